The van der Waals surface area contributed by atoms with Gasteiger partial charge in [0.15, 0.2) is 5.65 Å². The zero-order valence-electron chi connectivity index (χ0n) is 21.9. The standard InChI is InChI=1S/C29H30FN7O/c1-4-38-28-33-18(2)25-27(35-28)37(26(34-25)21-12-23(30)15-32-14-21)16-19-5-6-24(20(11-19)13-31)29(3)17-36-9-7-22(29)8-10-36/h5-6,11-12,14-15,22H,4,7-10,16-17H2,1-3H3/t29-/m0/s1. The molecule has 0 saturated carbocycles. The zero-order valence-corrected chi connectivity index (χ0v) is 21.9. The number of hydrogen-bond donors (Lipinski definition) is 0. The molecule has 1 atom stereocenters. The van der Waals surface area contributed by atoms with E-state index in [1.54, 1.807) is 6.20 Å². The topological polar surface area (TPSA) is 92.8 Å². The lowest BCUT2D eigenvalue weighted by molar-refractivity contribution is 0.0334. The van der Waals surface area contributed by atoms with Gasteiger partial charge in [0.1, 0.15) is 17.2 Å². The molecule has 3 aromatic heterocycles. The second-order valence-corrected chi connectivity index (χ2v) is 10.6. The third kappa shape index (κ3) is 4.09. The molecule has 8 nitrogen and oxygen atoms in total. The maximum Gasteiger partial charge on any atom is 0.318 e. The van der Waals surface area contributed by atoms with E-state index in [0.29, 0.717) is 52.9 Å². The Morgan fingerprint density at radius 2 is 1.97 bits per heavy atom. The molecule has 0 aliphatic carbocycles. The Bertz CT molecular complexity index is 1570. The zero-order chi connectivity index (χ0) is 26.4. The summed E-state index contributed by atoms with van der Waals surface area (Å²) in [6.45, 7) is 10.2. The van der Waals surface area contributed by atoms with Crippen LogP contribution in [-0.2, 0) is 12.0 Å². The summed E-state index contributed by atoms with van der Waals surface area (Å²) in [6, 6.07) is 10.4. The molecule has 7 rings (SSSR count). The van der Waals surface area contributed by atoms with Crippen LogP contribution >= 0.6 is 0 Å². The van der Waals surface area contributed by atoms with Gasteiger partial charge < -0.3 is 14.2 Å². The number of hydrogen-bond acceptors (Lipinski definition) is 7. The lowest BCUT2D eigenvalue weighted by Crippen LogP contribution is -2.55. The van der Waals surface area contributed by atoms with Crippen molar-refractivity contribution in [3.05, 3.63) is 64.9 Å². The minimum absolute atomic E-state index is 0.0308. The van der Waals surface area contributed by atoms with E-state index in [4.69, 9.17) is 9.72 Å². The van der Waals surface area contributed by atoms with Gasteiger partial charge in [0, 0.05) is 23.7 Å². The van der Waals surface area contributed by atoms with Gasteiger partial charge >= 0.3 is 6.01 Å². The molecule has 3 aliphatic rings. The number of halogens is 1. The molecule has 0 spiro atoms. The number of benzene rings is 1. The van der Waals surface area contributed by atoms with Gasteiger partial charge in [-0.15, -0.1) is 0 Å². The second kappa shape index (κ2) is 9.44. The SMILES string of the molecule is CCOc1nc(C)c2nc(-c3cncc(F)c3)n(Cc3ccc([C@@]4(C)CN5CCC4CC5)c(C#N)c3)c2n1. The summed E-state index contributed by atoms with van der Waals surface area (Å²) < 4.78 is 21.7. The minimum atomic E-state index is -0.444. The smallest absolute Gasteiger partial charge is 0.318 e. The number of fused-ring (bicyclic) bond motifs is 4. The molecule has 3 saturated heterocycles. The first-order chi connectivity index (χ1) is 18.4. The van der Waals surface area contributed by atoms with Gasteiger partial charge in [-0.25, -0.2) is 9.37 Å². The summed E-state index contributed by atoms with van der Waals surface area (Å²) in [7, 11) is 0. The third-order valence-electron chi connectivity index (χ3n) is 8.19. The number of aryl methyl sites for hydroxylation is 1. The van der Waals surface area contributed by atoms with Crippen LogP contribution in [0.3, 0.4) is 0 Å². The number of nitriles is 1. The predicted molar refractivity (Wildman–Crippen MR) is 141 cm³/mol. The van der Waals surface area contributed by atoms with Crippen molar-refractivity contribution in [1.29, 1.82) is 5.26 Å². The van der Waals surface area contributed by atoms with Crippen LogP contribution in [0.4, 0.5) is 4.39 Å². The van der Waals surface area contributed by atoms with Gasteiger partial charge in [-0.2, -0.15) is 15.2 Å². The molecule has 194 valence electrons. The van der Waals surface area contributed by atoms with Crippen LogP contribution < -0.4 is 4.74 Å². The van der Waals surface area contributed by atoms with Crippen LogP contribution in [0, 0.1) is 30.0 Å². The normalized spacial score (nSPS) is 22.5. The first kappa shape index (κ1) is 24.4. The highest BCUT2D eigenvalue weighted by molar-refractivity contribution is 5.79. The molecular weight excluding hydrogens is 481 g/mol. The van der Waals surface area contributed by atoms with Crippen molar-refractivity contribution in [3.63, 3.8) is 0 Å². The van der Waals surface area contributed by atoms with Crippen molar-refractivity contribution >= 4 is 11.2 Å². The molecule has 38 heavy (non-hydrogen) atoms. The molecule has 0 radical (unpaired) electrons. The van der Waals surface area contributed by atoms with Gasteiger partial charge in [-0.1, -0.05) is 19.1 Å². The average molecular weight is 512 g/mol. The highest BCUT2D eigenvalue weighted by atomic mass is 19.1. The molecule has 6 heterocycles. The quantitative estimate of drug-likeness (QED) is 0.372. The number of aromatic nitrogens is 5. The summed E-state index contributed by atoms with van der Waals surface area (Å²) in [5, 5.41) is 10.2. The number of piperidine rings is 3. The molecule has 3 aliphatic heterocycles. The summed E-state index contributed by atoms with van der Waals surface area (Å²) in [5.41, 5.74) is 5.16. The average Bonchev–Trinajstić information content (AvgIpc) is 3.28. The van der Waals surface area contributed by atoms with Crippen LogP contribution in [-0.4, -0.2) is 55.6 Å². The van der Waals surface area contributed by atoms with Gasteiger partial charge in [0.2, 0.25) is 0 Å². The number of imidazole rings is 1. The summed E-state index contributed by atoms with van der Waals surface area (Å²) in [4.78, 5) is 20.4. The van der Waals surface area contributed by atoms with E-state index in [2.05, 4.69) is 45.0 Å². The number of ether oxygens (including phenoxy) is 1. The largest absolute Gasteiger partial charge is 0.464 e. The van der Waals surface area contributed by atoms with E-state index in [-0.39, 0.29) is 11.4 Å². The van der Waals surface area contributed by atoms with Crippen LogP contribution in [0.15, 0.2) is 36.7 Å². The Morgan fingerprint density at radius 1 is 1.16 bits per heavy atom. The van der Waals surface area contributed by atoms with Gasteiger partial charge in [0.25, 0.3) is 0 Å². The summed E-state index contributed by atoms with van der Waals surface area (Å²) in [6.07, 6.45) is 5.11. The first-order valence-electron chi connectivity index (χ1n) is 13.1. The van der Waals surface area contributed by atoms with Crippen molar-refractivity contribution in [1.82, 2.24) is 29.4 Å². The molecule has 4 aromatic rings. The summed E-state index contributed by atoms with van der Waals surface area (Å²) in [5.74, 6) is 0.678. The van der Waals surface area contributed by atoms with Crippen molar-refractivity contribution in [2.24, 2.45) is 5.92 Å². The van der Waals surface area contributed by atoms with Gasteiger partial charge in [-0.3, -0.25) is 4.98 Å². The molecule has 3 fully saturated rings. The van der Waals surface area contributed by atoms with E-state index < -0.39 is 5.82 Å². The van der Waals surface area contributed by atoms with Crippen molar-refractivity contribution in [3.8, 4) is 23.5 Å². The molecule has 0 N–H and O–H groups in total. The Balaban J connectivity index is 1.45. The molecule has 2 bridgehead atoms. The minimum Gasteiger partial charge on any atom is -0.464 e. The van der Waals surface area contributed by atoms with Gasteiger partial charge in [0.05, 0.1) is 36.7 Å². The van der Waals surface area contributed by atoms with E-state index in [1.807, 2.05) is 24.5 Å². The highest BCUT2D eigenvalue weighted by Crippen LogP contribution is 2.45. The predicted octanol–water partition coefficient (Wildman–Crippen LogP) is 4.64. The van der Waals surface area contributed by atoms with Crippen LogP contribution in [0.2, 0.25) is 0 Å². The molecular formula is C29H30FN7O. The fraction of sp³-hybridized carbons (Fsp3) is 0.414. The number of rotatable bonds is 6. The number of pyridine rings is 1. The Morgan fingerprint density at radius 3 is 2.66 bits per heavy atom. The molecule has 1 aromatic carbocycles. The van der Waals surface area contributed by atoms with E-state index in [9.17, 15) is 9.65 Å². The lowest BCUT2D eigenvalue weighted by Gasteiger charge is -2.52. The fourth-order valence-electron chi connectivity index (χ4n) is 6.30. The van der Waals surface area contributed by atoms with E-state index >= 15 is 0 Å². The highest BCUT2D eigenvalue weighted by Gasteiger charge is 2.45. The maximum absolute atomic E-state index is 14.1. The Hall–Kier alpha value is -3.90. The van der Waals surface area contributed by atoms with Crippen LogP contribution in [0.25, 0.3) is 22.6 Å². The third-order valence-corrected chi connectivity index (χ3v) is 8.19. The van der Waals surface area contributed by atoms with Gasteiger partial charge in [-0.05, 0) is 69.0 Å². The molecule has 0 unspecified atom stereocenters. The summed E-state index contributed by atoms with van der Waals surface area (Å²) >= 11 is 0. The Labute approximate surface area is 221 Å². The van der Waals surface area contributed by atoms with Crippen LogP contribution in [0.1, 0.15) is 49.1 Å². The fourth-order valence-corrected chi connectivity index (χ4v) is 6.30. The second-order valence-electron chi connectivity index (χ2n) is 10.6. The monoisotopic (exact) mass is 511 g/mol. The van der Waals surface area contributed by atoms with Crippen molar-refractivity contribution in [2.75, 3.05) is 26.2 Å². The lowest BCUT2D eigenvalue weighted by atomic mass is 9.63. The van der Waals surface area contributed by atoms with Crippen molar-refractivity contribution in [2.45, 2.75) is 45.6 Å². The first-order valence-corrected chi connectivity index (χ1v) is 13.1. The number of nitrogens with zero attached hydrogens (tertiary/aromatic N) is 7. The maximum atomic E-state index is 14.1. The van der Waals surface area contributed by atoms with Crippen LogP contribution in [0.5, 0.6) is 6.01 Å². The molecule has 0 amide bonds. The van der Waals surface area contributed by atoms with E-state index in [0.717, 1.165) is 30.8 Å². The van der Waals surface area contributed by atoms with E-state index in [1.165, 1.54) is 25.1 Å². The molecule has 9 heteroatoms. The van der Waals surface area contributed by atoms with Crippen molar-refractivity contribution < 1.29 is 9.13 Å². The Kier molecular flexibility index (Phi) is 6.07.